The lowest BCUT2D eigenvalue weighted by atomic mass is 9.95. The number of anilines is 1. The van der Waals surface area contributed by atoms with E-state index in [0.29, 0.717) is 34.7 Å². The van der Waals surface area contributed by atoms with E-state index in [4.69, 9.17) is 23.2 Å². The van der Waals surface area contributed by atoms with Crippen molar-refractivity contribution in [1.29, 1.82) is 0 Å². The van der Waals surface area contributed by atoms with Crippen molar-refractivity contribution in [2.75, 3.05) is 11.9 Å². The summed E-state index contributed by atoms with van der Waals surface area (Å²) in [5.74, 6) is -0.0301. The van der Waals surface area contributed by atoms with E-state index in [1.54, 1.807) is 18.2 Å². The Hall–Kier alpha value is -0.770. The van der Waals surface area contributed by atoms with Gasteiger partial charge in [-0.15, -0.1) is 0 Å². The van der Waals surface area contributed by atoms with E-state index in [0.717, 1.165) is 0 Å². The molecule has 0 spiro atoms. The molecule has 5 heteroatoms. The van der Waals surface area contributed by atoms with Crippen molar-refractivity contribution in [1.82, 2.24) is 5.32 Å². The lowest BCUT2D eigenvalue weighted by molar-refractivity contribution is -0.116. The Morgan fingerprint density at radius 2 is 1.95 bits per heavy atom. The minimum atomic E-state index is -0.0301. The first-order chi connectivity index (χ1) is 9.65. The second-order valence-electron chi connectivity index (χ2n) is 5.21. The van der Waals surface area contributed by atoms with Crippen LogP contribution < -0.4 is 10.6 Å². The quantitative estimate of drug-likeness (QED) is 0.853. The van der Waals surface area contributed by atoms with Crippen LogP contribution in [0.1, 0.15) is 38.5 Å². The zero-order chi connectivity index (χ0) is 14.4. The first kappa shape index (κ1) is 15.6. The van der Waals surface area contributed by atoms with Gasteiger partial charge >= 0.3 is 0 Å². The summed E-state index contributed by atoms with van der Waals surface area (Å²) in [5, 5.41) is 7.28. The molecule has 20 heavy (non-hydrogen) atoms. The van der Waals surface area contributed by atoms with E-state index in [-0.39, 0.29) is 5.91 Å². The number of carbonyl (C=O) groups is 1. The molecule has 0 aromatic heterocycles. The summed E-state index contributed by atoms with van der Waals surface area (Å²) < 4.78 is 0. The Balaban J connectivity index is 1.72. The molecule has 1 fully saturated rings. The number of rotatable bonds is 5. The van der Waals surface area contributed by atoms with E-state index >= 15 is 0 Å². The number of hydrogen-bond donors (Lipinski definition) is 2. The highest BCUT2D eigenvalue weighted by Crippen LogP contribution is 2.25. The third-order valence-corrected chi connectivity index (χ3v) is 4.14. The van der Waals surface area contributed by atoms with Crippen LogP contribution in [-0.4, -0.2) is 18.5 Å². The maximum absolute atomic E-state index is 11.8. The summed E-state index contributed by atoms with van der Waals surface area (Å²) in [5.41, 5.74) is 0.610. The van der Waals surface area contributed by atoms with Crippen LogP contribution in [0.15, 0.2) is 18.2 Å². The van der Waals surface area contributed by atoms with Crippen molar-refractivity contribution in [2.45, 2.75) is 44.6 Å². The fourth-order valence-electron chi connectivity index (χ4n) is 2.50. The van der Waals surface area contributed by atoms with Crippen molar-refractivity contribution in [3.63, 3.8) is 0 Å². The van der Waals surface area contributed by atoms with Gasteiger partial charge in [-0.3, -0.25) is 4.79 Å². The predicted molar refractivity (Wildman–Crippen MR) is 84.6 cm³/mol. The molecule has 2 N–H and O–H groups in total. The first-order valence-electron chi connectivity index (χ1n) is 7.13. The minimum Gasteiger partial charge on any atom is -0.325 e. The first-order valence-corrected chi connectivity index (χ1v) is 7.89. The lowest BCUT2D eigenvalue weighted by Crippen LogP contribution is -2.33. The minimum absolute atomic E-state index is 0.0301. The van der Waals surface area contributed by atoms with Gasteiger partial charge in [0.25, 0.3) is 0 Å². The monoisotopic (exact) mass is 314 g/mol. The third kappa shape index (κ3) is 4.97. The molecular formula is C15H20Cl2N2O. The Morgan fingerprint density at radius 1 is 1.20 bits per heavy atom. The molecule has 0 saturated heterocycles. The summed E-state index contributed by atoms with van der Waals surface area (Å²) in [7, 11) is 0. The predicted octanol–water partition coefficient (Wildman–Crippen LogP) is 4.24. The fraction of sp³-hybridized carbons (Fsp3) is 0.533. The SMILES string of the molecule is O=C(CCNC1CCCCC1)Nc1ccc(Cl)cc1Cl. The van der Waals surface area contributed by atoms with Gasteiger partial charge in [0, 0.05) is 24.0 Å². The maximum Gasteiger partial charge on any atom is 0.225 e. The van der Waals surface area contributed by atoms with Crippen molar-refractivity contribution >= 4 is 34.8 Å². The van der Waals surface area contributed by atoms with Gasteiger partial charge in [0.2, 0.25) is 5.91 Å². The number of amides is 1. The molecular weight excluding hydrogens is 295 g/mol. The molecule has 1 aromatic carbocycles. The van der Waals surface area contributed by atoms with Gasteiger partial charge in [-0.2, -0.15) is 0 Å². The van der Waals surface area contributed by atoms with Crippen molar-refractivity contribution < 1.29 is 4.79 Å². The van der Waals surface area contributed by atoms with Crippen LogP contribution >= 0.6 is 23.2 Å². The molecule has 0 heterocycles. The molecule has 0 aliphatic heterocycles. The Bertz CT molecular complexity index is 459. The number of hydrogen-bond acceptors (Lipinski definition) is 2. The fourth-order valence-corrected chi connectivity index (χ4v) is 2.96. The van der Waals surface area contributed by atoms with Gasteiger partial charge in [0.05, 0.1) is 10.7 Å². The van der Waals surface area contributed by atoms with E-state index in [9.17, 15) is 4.79 Å². The van der Waals surface area contributed by atoms with Crippen molar-refractivity contribution in [2.24, 2.45) is 0 Å². The number of carbonyl (C=O) groups excluding carboxylic acids is 1. The summed E-state index contributed by atoms with van der Waals surface area (Å²) in [6.07, 6.45) is 6.84. The van der Waals surface area contributed by atoms with Crippen LogP contribution in [0.4, 0.5) is 5.69 Å². The van der Waals surface area contributed by atoms with E-state index in [2.05, 4.69) is 10.6 Å². The normalized spacial score (nSPS) is 16.1. The molecule has 0 unspecified atom stereocenters. The standard InChI is InChI=1S/C15H20Cl2N2O/c16-11-6-7-14(13(17)10-11)19-15(20)8-9-18-12-4-2-1-3-5-12/h6-7,10,12,18H,1-5,8-9H2,(H,19,20). The van der Waals surface area contributed by atoms with Crippen LogP contribution in [0.25, 0.3) is 0 Å². The highest BCUT2D eigenvalue weighted by atomic mass is 35.5. The van der Waals surface area contributed by atoms with Gasteiger partial charge in [-0.1, -0.05) is 42.5 Å². The van der Waals surface area contributed by atoms with Crippen molar-refractivity contribution in [3.05, 3.63) is 28.2 Å². The molecule has 0 atom stereocenters. The van der Waals surface area contributed by atoms with Gasteiger partial charge in [0.15, 0.2) is 0 Å². The highest BCUT2D eigenvalue weighted by Gasteiger charge is 2.13. The second kappa shape index (κ2) is 7.87. The molecule has 1 amide bonds. The van der Waals surface area contributed by atoms with Gasteiger partial charge < -0.3 is 10.6 Å². The Labute approximate surface area is 130 Å². The third-order valence-electron chi connectivity index (χ3n) is 3.60. The molecule has 1 aromatic rings. The molecule has 3 nitrogen and oxygen atoms in total. The number of halogens is 2. The van der Waals surface area contributed by atoms with E-state index in [1.165, 1.54) is 32.1 Å². The average Bonchev–Trinajstić information content (AvgIpc) is 2.43. The second-order valence-corrected chi connectivity index (χ2v) is 6.06. The summed E-state index contributed by atoms with van der Waals surface area (Å²) in [4.78, 5) is 11.8. The molecule has 2 rings (SSSR count). The topological polar surface area (TPSA) is 41.1 Å². The Morgan fingerprint density at radius 3 is 2.65 bits per heavy atom. The van der Waals surface area contributed by atoms with Crippen LogP contribution in [0.3, 0.4) is 0 Å². The zero-order valence-corrected chi connectivity index (χ0v) is 12.9. The number of nitrogens with one attached hydrogen (secondary N) is 2. The smallest absolute Gasteiger partial charge is 0.225 e. The zero-order valence-electron chi connectivity index (χ0n) is 11.4. The van der Waals surface area contributed by atoms with E-state index < -0.39 is 0 Å². The van der Waals surface area contributed by atoms with Crippen LogP contribution in [0.5, 0.6) is 0 Å². The van der Waals surface area contributed by atoms with Crippen LogP contribution in [0.2, 0.25) is 10.0 Å². The molecule has 0 bridgehead atoms. The van der Waals surface area contributed by atoms with Crippen LogP contribution in [0, 0.1) is 0 Å². The number of benzene rings is 1. The van der Waals surface area contributed by atoms with Gasteiger partial charge in [0.1, 0.15) is 0 Å². The van der Waals surface area contributed by atoms with E-state index in [1.807, 2.05) is 0 Å². The van der Waals surface area contributed by atoms with Gasteiger partial charge in [-0.05, 0) is 31.0 Å². The summed E-state index contributed by atoms with van der Waals surface area (Å²) in [6.45, 7) is 0.710. The molecule has 0 radical (unpaired) electrons. The summed E-state index contributed by atoms with van der Waals surface area (Å²) >= 11 is 11.8. The van der Waals surface area contributed by atoms with Gasteiger partial charge in [-0.25, -0.2) is 0 Å². The maximum atomic E-state index is 11.8. The molecule has 1 aliphatic carbocycles. The lowest BCUT2D eigenvalue weighted by Gasteiger charge is -2.22. The highest BCUT2D eigenvalue weighted by molar-refractivity contribution is 6.36. The summed E-state index contributed by atoms with van der Waals surface area (Å²) in [6, 6.07) is 5.63. The van der Waals surface area contributed by atoms with Crippen LogP contribution in [-0.2, 0) is 4.79 Å². The average molecular weight is 315 g/mol. The molecule has 110 valence electrons. The molecule has 1 saturated carbocycles. The Kier molecular flexibility index (Phi) is 6.14. The van der Waals surface area contributed by atoms with Crippen molar-refractivity contribution in [3.8, 4) is 0 Å². The molecule has 1 aliphatic rings. The largest absolute Gasteiger partial charge is 0.325 e.